The van der Waals surface area contributed by atoms with Crippen LogP contribution < -0.4 is 4.89 Å². The summed E-state index contributed by atoms with van der Waals surface area (Å²) in [7, 11) is 1.54. The van der Waals surface area contributed by atoms with Crippen LogP contribution in [0.1, 0.15) is 118 Å². The van der Waals surface area contributed by atoms with Gasteiger partial charge in [-0.15, -0.1) is 0 Å². The third-order valence-corrected chi connectivity index (χ3v) is 7.18. The molecule has 0 aliphatic heterocycles. The first-order valence-corrected chi connectivity index (χ1v) is 17.3. The molecule has 238 valence electrons. The second kappa shape index (κ2) is 24.0. The molecule has 0 aliphatic carbocycles. The Labute approximate surface area is 247 Å². The van der Waals surface area contributed by atoms with Crippen molar-refractivity contribution in [2.75, 3.05) is 54.1 Å². The normalized spacial score (nSPS) is 15.3. The lowest BCUT2D eigenvalue weighted by atomic mass is 10.1. The van der Waals surface area contributed by atoms with Gasteiger partial charge in [0.25, 0.3) is 7.82 Å². The molecule has 8 heteroatoms. The second-order valence-electron chi connectivity index (χ2n) is 12.8. The van der Waals surface area contributed by atoms with Crippen molar-refractivity contribution < 1.29 is 32.5 Å². The quantitative estimate of drug-likeness (QED) is 0.0418. The Bertz CT molecular complexity index is 684. The zero-order valence-corrected chi connectivity index (χ0v) is 28.1. The van der Waals surface area contributed by atoms with E-state index in [9.17, 15) is 9.46 Å². The number of allylic oxidation sites excluding steroid dienone is 4. The van der Waals surface area contributed by atoms with Gasteiger partial charge in [0.05, 0.1) is 40.0 Å². The first kappa shape index (κ1) is 39.5. The Kier molecular flexibility index (Phi) is 23.7. The highest BCUT2D eigenvalue weighted by Crippen LogP contribution is 2.38. The van der Waals surface area contributed by atoms with Crippen LogP contribution in [0.25, 0.3) is 0 Å². The lowest BCUT2D eigenvalue weighted by molar-refractivity contribution is -0.870. The van der Waals surface area contributed by atoms with Crippen LogP contribution in [-0.4, -0.2) is 70.3 Å². The van der Waals surface area contributed by atoms with E-state index in [1.165, 1.54) is 77.0 Å². The minimum absolute atomic E-state index is 0.0831. The van der Waals surface area contributed by atoms with E-state index in [1.807, 2.05) is 41.9 Å². The molecule has 40 heavy (non-hydrogen) atoms. The Morgan fingerprint density at radius 1 is 0.725 bits per heavy atom. The fourth-order valence-electron chi connectivity index (χ4n) is 3.96. The third kappa shape index (κ3) is 30.4. The van der Waals surface area contributed by atoms with Crippen molar-refractivity contribution in [2.45, 2.75) is 129 Å². The molecule has 0 aromatic rings. The molecule has 0 saturated heterocycles. The van der Waals surface area contributed by atoms with Gasteiger partial charge < -0.3 is 27.9 Å². The molecule has 0 rings (SSSR count). The van der Waals surface area contributed by atoms with Crippen molar-refractivity contribution >= 4 is 7.82 Å². The maximum absolute atomic E-state index is 12.1. The maximum atomic E-state index is 12.1. The average Bonchev–Trinajstić information content (AvgIpc) is 2.84. The van der Waals surface area contributed by atoms with E-state index in [4.69, 9.17) is 18.5 Å². The Hall–Kier alpha value is -0.530. The molecule has 0 bridgehead atoms. The van der Waals surface area contributed by atoms with Gasteiger partial charge in [-0.05, 0) is 72.1 Å². The average molecular weight is 590 g/mol. The van der Waals surface area contributed by atoms with Crippen molar-refractivity contribution in [2.24, 2.45) is 0 Å². The van der Waals surface area contributed by atoms with Crippen molar-refractivity contribution in [1.82, 2.24) is 0 Å². The number of quaternary nitrogens is 1. The van der Waals surface area contributed by atoms with Gasteiger partial charge in [-0.25, -0.2) is 0 Å². The van der Waals surface area contributed by atoms with E-state index < -0.39 is 19.5 Å². The monoisotopic (exact) mass is 589 g/mol. The van der Waals surface area contributed by atoms with Gasteiger partial charge in [0.15, 0.2) is 0 Å². The van der Waals surface area contributed by atoms with E-state index in [2.05, 4.69) is 31.2 Å². The summed E-state index contributed by atoms with van der Waals surface area (Å²) in [6, 6.07) is 0. The van der Waals surface area contributed by atoms with E-state index in [0.717, 1.165) is 12.8 Å². The van der Waals surface area contributed by atoms with Crippen LogP contribution in [-0.2, 0) is 23.1 Å². The molecule has 1 unspecified atom stereocenters. The van der Waals surface area contributed by atoms with Crippen LogP contribution in [0, 0.1) is 0 Å². The molecule has 0 aliphatic rings. The zero-order chi connectivity index (χ0) is 30.2. The van der Waals surface area contributed by atoms with E-state index in [-0.39, 0.29) is 19.8 Å². The number of phosphoric ester groups is 1. The maximum Gasteiger partial charge on any atom is 0.268 e. The number of hydrogen-bond acceptors (Lipinski definition) is 6. The fourth-order valence-corrected chi connectivity index (χ4v) is 4.69. The topological polar surface area (TPSA) is 77.1 Å². The molecular formula is C32H64NO6P. The van der Waals surface area contributed by atoms with Crippen molar-refractivity contribution in [3.63, 3.8) is 0 Å². The number of nitrogens with zero attached hydrogens (tertiary/aromatic N) is 1. The highest BCUT2D eigenvalue weighted by Gasteiger charge is 2.22. The summed E-state index contributed by atoms with van der Waals surface area (Å²) in [6.07, 6.45) is 26.1. The summed E-state index contributed by atoms with van der Waals surface area (Å²) in [6.45, 7) is 9.49. The van der Waals surface area contributed by atoms with E-state index >= 15 is 0 Å². The number of likely N-dealkylation sites (N-methyl/N-ethyl adjacent to an activating group) is 1. The summed E-state index contributed by atoms with van der Waals surface area (Å²) in [5, 5.41) is 0. The second-order valence-corrected chi connectivity index (χ2v) is 14.2. The summed E-state index contributed by atoms with van der Waals surface area (Å²) >= 11 is 0. The zero-order valence-electron chi connectivity index (χ0n) is 27.2. The predicted molar refractivity (Wildman–Crippen MR) is 166 cm³/mol. The molecule has 7 nitrogen and oxygen atoms in total. The summed E-state index contributed by atoms with van der Waals surface area (Å²) < 4.78 is 34.6. The molecule has 0 saturated carbocycles. The lowest BCUT2D eigenvalue weighted by Crippen LogP contribution is -2.38. The van der Waals surface area contributed by atoms with Crippen molar-refractivity contribution in [3.05, 3.63) is 24.3 Å². The number of rotatable bonds is 27. The molecule has 0 N–H and O–H groups in total. The van der Waals surface area contributed by atoms with E-state index in [1.54, 1.807) is 0 Å². The minimum Gasteiger partial charge on any atom is -0.756 e. The summed E-state index contributed by atoms with van der Waals surface area (Å²) in [5.74, 6) is 0. The molecule has 2 atom stereocenters. The minimum atomic E-state index is -4.38. The molecular weight excluding hydrogens is 525 g/mol. The smallest absolute Gasteiger partial charge is 0.268 e. The van der Waals surface area contributed by atoms with Crippen molar-refractivity contribution in [3.8, 4) is 0 Å². The van der Waals surface area contributed by atoms with Crippen LogP contribution in [0.5, 0.6) is 0 Å². The molecule has 0 spiro atoms. The molecule has 0 amide bonds. The number of ether oxygens (including phenoxy) is 2. The molecule has 0 radical (unpaired) electrons. The standard InChI is InChI=1S/C32H64NO6P/c1-8-9-10-11-12-13-14-15-16-17-18-19-20-21-22-23-24-25-27-36-29-31(39-32(2,3)4)30-38-40(34,35)37-28-26-33(5,6)7/h11-12,17-18,31H,8-10,13-16,19-30H2,1-7H3/b12-11-,18-17-/t31-/m1/s1. The Morgan fingerprint density at radius 2 is 1.23 bits per heavy atom. The predicted octanol–water partition coefficient (Wildman–Crippen LogP) is 7.99. The van der Waals surface area contributed by atoms with Gasteiger partial charge in [-0.1, -0.05) is 69.8 Å². The first-order chi connectivity index (χ1) is 18.8. The largest absolute Gasteiger partial charge is 0.756 e. The van der Waals surface area contributed by atoms with Crippen molar-refractivity contribution in [1.29, 1.82) is 0 Å². The number of unbranched alkanes of at least 4 members (excludes halogenated alkanes) is 11. The van der Waals surface area contributed by atoms with Crippen LogP contribution >= 0.6 is 7.82 Å². The number of phosphoric acid groups is 1. The fraction of sp³-hybridized carbons (Fsp3) is 0.875. The van der Waals surface area contributed by atoms with Gasteiger partial charge in [-0.2, -0.15) is 0 Å². The van der Waals surface area contributed by atoms with Gasteiger partial charge >= 0.3 is 0 Å². The highest BCUT2D eigenvalue weighted by atomic mass is 31.2. The third-order valence-electron chi connectivity index (χ3n) is 6.21. The number of hydrogen-bond donors (Lipinski definition) is 0. The van der Waals surface area contributed by atoms with Crippen LogP contribution in [0.4, 0.5) is 0 Å². The van der Waals surface area contributed by atoms with Gasteiger partial charge in [-0.3, -0.25) is 4.57 Å². The molecule has 0 aromatic heterocycles. The molecule has 0 heterocycles. The SMILES string of the molecule is CCCC/C=C\CCCC/C=C\CCCCCCCCOC[C@H](COP(=O)([O-])OCC[N+](C)(C)C)OC(C)(C)C. The Morgan fingerprint density at radius 3 is 1.75 bits per heavy atom. The highest BCUT2D eigenvalue weighted by molar-refractivity contribution is 7.45. The van der Waals surface area contributed by atoms with Crippen LogP contribution in [0.2, 0.25) is 0 Å². The van der Waals surface area contributed by atoms with Gasteiger partial charge in [0.2, 0.25) is 0 Å². The summed E-state index contributed by atoms with van der Waals surface area (Å²) in [4.78, 5) is 12.1. The van der Waals surface area contributed by atoms with Crippen LogP contribution in [0.15, 0.2) is 24.3 Å². The Balaban J connectivity index is 3.85. The lowest BCUT2D eigenvalue weighted by Gasteiger charge is -2.31. The van der Waals surface area contributed by atoms with Crippen LogP contribution in [0.3, 0.4) is 0 Å². The molecule has 0 aromatic carbocycles. The van der Waals surface area contributed by atoms with E-state index in [0.29, 0.717) is 17.6 Å². The summed E-state index contributed by atoms with van der Waals surface area (Å²) in [5.41, 5.74) is -0.435. The van der Waals surface area contributed by atoms with Gasteiger partial charge in [0, 0.05) is 6.61 Å². The molecule has 0 fully saturated rings. The first-order valence-electron chi connectivity index (χ1n) is 15.8. The van der Waals surface area contributed by atoms with Gasteiger partial charge in [0.1, 0.15) is 19.3 Å².